The highest BCUT2D eigenvalue weighted by molar-refractivity contribution is 7.90. The quantitative estimate of drug-likeness (QED) is 0.542. The van der Waals surface area contributed by atoms with Gasteiger partial charge in [-0.15, -0.1) is 0 Å². The zero-order valence-corrected chi connectivity index (χ0v) is 16.9. The lowest BCUT2D eigenvalue weighted by atomic mass is 10.2. The number of sulfonamides is 1. The summed E-state index contributed by atoms with van der Waals surface area (Å²) in [5, 5.41) is 3.38. The number of benzene rings is 1. The second-order valence-electron chi connectivity index (χ2n) is 7.22. The molecular formula is C19H34N2O3S. The van der Waals surface area contributed by atoms with Crippen molar-refractivity contribution in [3.8, 4) is 5.75 Å². The second-order valence-corrected chi connectivity index (χ2v) is 9.74. The molecule has 0 bridgehead atoms. The van der Waals surface area contributed by atoms with Crippen molar-refractivity contribution in [1.29, 1.82) is 0 Å². The largest absolute Gasteiger partial charge is 0.494 e. The zero-order chi connectivity index (χ0) is 18.8. The molecule has 0 atom stereocenters. The number of rotatable bonds is 12. The highest BCUT2D eigenvalue weighted by Gasteiger charge is 2.27. The fourth-order valence-electron chi connectivity index (χ4n) is 2.09. The molecule has 0 spiro atoms. The minimum atomic E-state index is -3.22. The van der Waals surface area contributed by atoms with E-state index in [9.17, 15) is 8.42 Å². The van der Waals surface area contributed by atoms with Gasteiger partial charge < -0.3 is 10.1 Å². The van der Waals surface area contributed by atoms with Gasteiger partial charge in [-0.3, -0.25) is 0 Å². The van der Waals surface area contributed by atoms with Gasteiger partial charge >= 0.3 is 0 Å². The Kier molecular flexibility index (Phi) is 9.28. The van der Waals surface area contributed by atoms with Crippen LogP contribution in [0.1, 0.15) is 59.8 Å². The second kappa shape index (κ2) is 10.7. The SMILES string of the molecule is CCCCOc1ccc(NCCCCCNS(=O)(=O)C(C)(C)C)cc1. The third-order valence-electron chi connectivity index (χ3n) is 3.90. The first-order valence-corrected chi connectivity index (χ1v) is 10.7. The van der Waals surface area contributed by atoms with E-state index in [4.69, 9.17) is 4.74 Å². The topological polar surface area (TPSA) is 67.4 Å². The Morgan fingerprint density at radius 3 is 2.20 bits per heavy atom. The Bertz CT molecular complexity index is 578. The Morgan fingerprint density at radius 2 is 1.60 bits per heavy atom. The molecule has 0 aliphatic carbocycles. The molecule has 0 heterocycles. The Balaban J connectivity index is 2.14. The first-order chi connectivity index (χ1) is 11.8. The van der Waals surface area contributed by atoms with Gasteiger partial charge in [0.25, 0.3) is 0 Å². The van der Waals surface area contributed by atoms with Crippen LogP contribution in [0, 0.1) is 0 Å². The lowest BCUT2D eigenvalue weighted by Gasteiger charge is -2.19. The van der Waals surface area contributed by atoms with Gasteiger partial charge in [0.2, 0.25) is 10.0 Å². The molecule has 0 aromatic heterocycles. The van der Waals surface area contributed by atoms with E-state index in [1.807, 2.05) is 24.3 Å². The van der Waals surface area contributed by atoms with Gasteiger partial charge in [-0.2, -0.15) is 0 Å². The molecule has 0 amide bonds. The van der Waals surface area contributed by atoms with Crippen molar-refractivity contribution in [2.75, 3.05) is 25.0 Å². The molecule has 1 aromatic rings. The molecule has 2 N–H and O–H groups in total. The van der Waals surface area contributed by atoms with Gasteiger partial charge in [0.05, 0.1) is 11.4 Å². The predicted molar refractivity (Wildman–Crippen MR) is 106 cm³/mol. The van der Waals surface area contributed by atoms with E-state index in [0.717, 1.165) is 56.7 Å². The number of hydrogen-bond acceptors (Lipinski definition) is 4. The summed E-state index contributed by atoms with van der Waals surface area (Å²) in [6.45, 7) is 9.42. The maximum Gasteiger partial charge on any atom is 0.216 e. The van der Waals surface area contributed by atoms with Crippen LogP contribution in [0.2, 0.25) is 0 Å². The maximum absolute atomic E-state index is 11.9. The average Bonchev–Trinajstić information content (AvgIpc) is 2.54. The van der Waals surface area contributed by atoms with E-state index in [1.165, 1.54) is 0 Å². The third kappa shape index (κ3) is 8.59. The molecule has 0 saturated carbocycles. The van der Waals surface area contributed by atoms with E-state index in [1.54, 1.807) is 20.8 Å². The summed E-state index contributed by atoms with van der Waals surface area (Å²) in [5.41, 5.74) is 1.08. The Hall–Kier alpha value is -1.27. The van der Waals surface area contributed by atoms with Gasteiger partial charge in [0.1, 0.15) is 5.75 Å². The van der Waals surface area contributed by atoms with Crippen LogP contribution in [0.5, 0.6) is 5.75 Å². The summed E-state index contributed by atoms with van der Waals surface area (Å²) in [7, 11) is -3.22. The Labute approximate surface area is 153 Å². The number of anilines is 1. The van der Waals surface area contributed by atoms with Crippen LogP contribution in [0.15, 0.2) is 24.3 Å². The minimum absolute atomic E-state index is 0.503. The van der Waals surface area contributed by atoms with Crippen molar-refractivity contribution < 1.29 is 13.2 Å². The van der Waals surface area contributed by atoms with Gasteiger partial charge in [-0.25, -0.2) is 13.1 Å². The third-order valence-corrected chi connectivity index (χ3v) is 6.10. The molecule has 144 valence electrons. The lowest BCUT2D eigenvalue weighted by molar-refractivity contribution is 0.309. The van der Waals surface area contributed by atoms with Crippen molar-refractivity contribution >= 4 is 15.7 Å². The number of ether oxygens (including phenoxy) is 1. The first kappa shape index (κ1) is 21.8. The Morgan fingerprint density at radius 1 is 0.960 bits per heavy atom. The van der Waals surface area contributed by atoms with Gasteiger partial charge in [0, 0.05) is 18.8 Å². The highest BCUT2D eigenvalue weighted by atomic mass is 32.2. The summed E-state index contributed by atoms with van der Waals surface area (Å²) in [5.74, 6) is 0.908. The monoisotopic (exact) mass is 370 g/mol. The molecule has 1 rings (SSSR count). The summed E-state index contributed by atoms with van der Waals surface area (Å²) < 4.78 is 31.4. The molecule has 0 unspecified atom stereocenters. The zero-order valence-electron chi connectivity index (χ0n) is 16.1. The van der Waals surface area contributed by atoms with E-state index < -0.39 is 14.8 Å². The van der Waals surface area contributed by atoms with Crippen molar-refractivity contribution in [1.82, 2.24) is 4.72 Å². The van der Waals surface area contributed by atoms with E-state index in [0.29, 0.717) is 6.54 Å². The van der Waals surface area contributed by atoms with Crippen LogP contribution in [0.3, 0.4) is 0 Å². The molecule has 1 aromatic carbocycles. The van der Waals surface area contributed by atoms with Crippen molar-refractivity contribution in [2.45, 2.75) is 64.5 Å². The summed E-state index contributed by atoms with van der Waals surface area (Å²) >= 11 is 0. The molecule has 0 saturated heterocycles. The minimum Gasteiger partial charge on any atom is -0.494 e. The van der Waals surface area contributed by atoms with E-state index >= 15 is 0 Å². The fourth-order valence-corrected chi connectivity index (χ4v) is 2.93. The predicted octanol–water partition coefficient (Wildman–Crippen LogP) is 4.17. The number of hydrogen-bond donors (Lipinski definition) is 2. The molecular weight excluding hydrogens is 336 g/mol. The summed E-state index contributed by atoms with van der Waals surface area (Å²) in [6, 6.07) is 8.02. The summed E-state index contributed by atoms with van der Waals surface area (Å²) in [6.07, 6.45) is 5.05. The summed E-state index contributed by atoms with van der Waals surface area (Å²) in [4.78, 5) is 0. The smallest absolute Gasteiger partial charge is 0.216 e. The van der Waals surface area contributed by atoms with Crippen molar-refractivity contribution in [3.05, 3.63) is 24.3 Å². The normalized spacial score (nSPS) is 12.2. The fraction of sp³-hybridized carbons (Fsp3) is 0.684. The molecule has 5 nitrogen and oxygen atoms in total. The molecule has 0 aliphatic heterocycles. The van der Waals surface area contributed by atoms with E-state index in [2.05, 4.69) is 17.0 Å². The molecule has 25 heavy (non-hydrogen) atoms. The van der Waals surface area contributed by atoms with Crippen LogP contribution in [0.4, 0.5) is 5.69 Å². The van der Waals surface area contributed by atoms with Crippen LogP contribution < -0.4 is 14.8 Å². The van der Waals surface area contributed by atoms with Crippen LogP contribution in [-0.2, 0) is 10.0 Å². The van der Waals surface area contributed by atoms with Crippen LogP contribution in [0.25, 0.3) is 0 Å². The standard InChI is InChI=1S/C19H34N2O3S/c1-5-6-16-24-18-12-10-17(11-13-18)20-14-8-7-9-15-21-25(22,23)19(2,3)4/h10-13,20-21H,5-9,14-16H2,1-4H3. The average molecular weight is 371 g/mol. The number of unbranched alkanes of at least 4 members (excludes halogenated alkanes) is 3. The molecule has 0 fully saturated rings. The van der Waals surface area contributed by atoms with Gasteiger partial charge in [-0.05, 0) is 64.3 Å². The molecule has 6 heteroatoms. The van der Waals surface area contributed by atoms with Crippen molar-refractivity contribution in [3.63, 3.8) is 0 Å². The van der Waals surface area contributed by atoms with Crippen molar-refractivity contribution in [2.24, 2.45) is 0 Å². The van der Waals surface area contributed by atoms with Crippen LogP contribution >= 0.6 is 0 Å². The van der Waals surface area contributed by atoms with Gasteiger partial charge in [-0.1, -0.05) is 19.8 Å². The first-order valence-electron chi connectivity index (χ1n) is 9.22. The highest BCUT2D eigenvalue weighted by Crippen LogP contribution is 2.16. The van der Waals surface area contributed by atoms with Gasteiger partial charge in [0.15, 0.2) is 0 Å². The number of nitrogens with one attached hydrogen (secondary N) is 2. The molecule has 0 aliphatic rings. The van der Waals surface area contributed by atoms with E-state index in [-0.39, 0.29) is 0 Å². The maximum atomic E-state index is 11.9. The van der Waals surface area contributed by atoms with Crippen LogP contribution in [-0.4, -0.2) is 32.9 Å². The lowest BCUT2D eigenvalue weighted by Crippen LogP contribution is -2.39. The molecule has 0 radical (unpaired) electrons.